The van der Waals surface area contributed by atoms with Crippen LogP contribution in [0.1, 0.15) is 5.69 Å². The Labute approximate surface area is 84.1 Å². The lowest BCUT2D eigenvalue weighted by atomic mass is 10.4. The van der Waals surface area contributed by atoms with Gasteiger partial charge in [0.15, 0.2) is 5.82 Å². The molecule has 0 atom stereocenters. The first-order chi connectivity index (χ1) is 6.09. The summed E-state index contributed by atoms with van der Waals surface area (Å²) >= 11 is 11.6. The molecule has 2 aromatic rings. The molecule has 0 amide bonds. The molecule has 6 heteroatoms. The van der Waals surface area contributed by atoms with Crippen LogP contribution in [0.15, 0.2) is 0 Å². The van der Waals surface area contributed by atoms with Crippen LogP contribution in [0.5, 0.6) is 0 Å². The minimum absolute atomic E-state index is 0.103. The molecule has 2 rings (SSSR count). The fourth-order valence-electron chi connectivity index (χ4n) is 1.15. The Morgan fingerprint density at radius 2 is 2.00 bits per heavy atom. The van der Waals surface area contributed by atoms with E-state index in [4.69, 9.17) is 28.9 Å². The summed E-state index contributed by atoms with van der Waals surface area (Å²) < 4.78 is 0. The summed E-state index contributed by atoms with van der Waals surface area (Å²) in [6, 6.07) is 0. The number of hydrogen-bond acceptors (Lipinski definition) is 3. The van der Waals surface area contributed by atoms with Crippen molar-refractivity contribution in [1.82, 2.24) is 15.0 Å². The number of anilines is 1. The van der Waals surface area contributed by atoms with E-state index in [1.807, 2.05) is 6.92 Å². The molecular formula is C7H6Cl2N4. The van der Waals surface area contributed by atoms with Crippen LogP contribution in [0.4, 0.5) is 5.82 Å². The highest BCUT2D eigenvalue weighted by atomic mass is 35.5. The highest BCUT2D eigenvalue weighted by molar-refractivity contribution is 6.36. The minimum atomic E-state index is 0.103. The molecule has 4 nitrogen and oxygen atoms in total. The van der Waals surface area contributed by atoms with Crippen molar-refractivity contribution in [3.05, 3.63) is 16.0 Å². The predicted octanol–water partition coefficient (Wildman–Crippen LogP) is 2.16. The second-order valence-corrected chi connectivity index (χ2v) is 3.38. The normalized spacial score (nSPS) is 11.0. The number of nitrogens with two attached hydrogens (primary N) is 1. The molecular weight excluding hydrogens is 211 g/mol. The molecule has 0 saturated heterocycles. The lowest BCUT2D eigenvalue weighted by molar-refractivity contribution is 1.22. The molecule has 0 aliphatic heterocycles. The number of aryl methyl sites for hydroxylation is 1. The number of hydrogen-bond donors (Lipinski definition) is 2. The van der Waals surface area contributed by atoms with Gasteiger partial charge in [-0.05, 0) is 18.5 Å². The zero-order valence-electron chi connectivity index (χ0n) is 6.73. The molecule has 0 fully saturated rings. The fraction of sp³-hybridized carbons (Fsp3) is 0.143. The van der Waals surface area contributed by atoms with Crippen molar-refractivity contribution < 1.29 is 0 Å². The molecule has 0 saturated carbocycles. The van der Waals surface area contributed by atoms with Crippen molar-refractivity contribution in [2.45, 2.75) is 6.92 Å². The molecule has 0 unspecified atom stereocenters. The van der Waals surface area contributed by atoms with Crippen LogP contribution in [-0.4, -0.2) is 15.0 Å². The van der Waals surface area contributed by atoms with Gasteiger partial charge < -0.3 is 10.7 Å². The van der Waals surface area contributed by atoms with Crippen molar-refractivity contribution >= 4 is 40.1 Å². The van der Waals surface area contributed by atoms with Gasteiger partial charge in [0.1, 0.15) is 11.0 Å². The van der Waals surface area contributed by atoms with Crippen LogP contribution in [0.25, 0.3) is 11.0 Å². The van der Waals surface area contributed by atoms with E-state index in [1.165, 1.54) is 0 Å². The Kier molecular flexibility index (Phi) is 1.82. The Morgan fingerprint density at radius 1 is 1.31 bits per heavy atom. The van der Waals surface area contributed by atoms with Crippen LogP contribution >= 0.6 is 23.2 Å². The number of nitrogens with one attached hydrogen (secondary N) is 1. The smallest absolute Gasteiger partial charge is 0.225 e. The van der Waals surface area contributed by atoms with Gasteiger partial charge in [-0.15, -0.1) is 0 Å². The molecule has 0 aliphatic carbocycles. The average Bonchev–Trinajstić information content (AvgIpc) is 2.32. The first kappa shape index (κ1) is 8.59. The molecule has 2 heterocycles. The first-order valence-corrected chi connectivity index (χ1v) is 4.32. The van der Waals surface area contributed by atoms with E-state index in [1.54, 1.807) is 0 Å². The summed E-state index contributed by atoms with van der Waals surface area (Å²) in [5, 5.41) is 0.636. The Morgan fingerprint density at radius 3 is 2.69 bits per heavy atom. The van der Waals surface area contributed by atoms with Crippen molar-refractivity contribution in [1.29, 1.82) is 0 Å². The van der Waals surface area contributed by atoms with Gasteiger partial charge in [0.2, 0.25) is 5.28 Å². The summed E-state index contributed by atoms with van der Waals surface area (Å²) in [6.45, 7) is 1.83. The number of nitrogens with zero attached hydrogens (tertiary/aromatic N) is 2. The van der Waals surface area contributed by atoms with Crippen LogP contribution in [0.3, 0.4) is 0 Å². The Hall–Kier alpha value is -1.00. The van der Waals surface area contributed by atoms with E-state index in [-0.39, 0.29) is 5.28 Å². The summed E-state index contributed by atoms with van der Waals surface area (Å²) in [5.41, 5.74) is 7.62. The standard InChI is InChI=1S/C7H6Cl2N4/c1-2-3(8)4-5(11-2)6(10)13-7(9)12-4/h11H,1H3,(H2,10,12,13). The van der Waals surface area contributed by atoms with Crippen LogP contribution in [0.2, 0.25) is 10.3 Å². The monoisotopic (exact) mass is 216 g/mol. The van der Waals surface area contributed by atoms with Crippen molar-refractivity contribution in [3.8, 4) is 0 Å². The number of aromatic amines is 1. The van der Waals surface area contributed by atoms with Crippen molar-refractivity contribution in [3.63, 3.8) is 0 Å². The third-order valence-corrected chi connectivity index (χ3v) is 2.39. The highest BCUT2D eigenvalue weighted by Gasteiger charge is 2.11. The molecule has 13 heavy (non-hydrogen) atoms. The fourth-order valence-corrected chi connectivity index (χ4v) is 1.51. The Bertz CT molecular complexity index is 477. The topological polar surface area (TPSA) is 67.6 Å². The molecule has 3 N–H and O–H groups in total. The average molecular weight is 217 g/mol. The third kappa shape index (κ3) is 1.22. The number of aromatic nitrogens is 3. The molecule has 0 bridgehead atoms. The van der Waals surface area contributed by atoms with Crippen molar-refractivity contribution in [2.75, 3.05) is 5.73 Å². The molecule has 0 aliphatic rings. The summed E-state index contributed by atoms with van der Waals surface area (Å²) in [7, 11) is 0. The van der Waals surface area contributed by atoms with Crippen LogP contribution in [-0.2, 0) is 0 Å². The quantitative estimate of drug-likeness (QED) is 0.664. The number of H-pyrrole nitrogens is 1. The maximum Gasteiger partial charge on any atom is 0.225 e. The van der Waals surface area contributed by atoms with E-state index >= 15 is 0 Å². The molecule has 68 valence electrons. The number of rotatable bonds is 0. The Balaban J connectivity index is 2.94. The maximum atomic E-state index is 5.95. The second kappa shape index (κ2) is 2.75. The van der Waals surface area contributed by atoms with E-state index < -0.39 is 0 Å². The summed E-state index contributed by atoms with van der Waals surface area (Å²) in [4.78, 5) is 10.7. The highest BCUT2D eigenvalue weighted by Crippen LogP contribution is 2.28. The van der Waals surface area contributed by atoms with Gasteiger partial charge in [-0.1, -0.05) is 11.6 Å². The van der Waals surface area contributed by atoms with Crippen LogP contribution < -0.4 is 5.73 Å². The first-order valence-electron chi connectivity index (χ1n) is 3.56. The zero-order chi connectivity index (χ0) is 9.59. The number of fused-ring (bicyclic) bond motifs is 1. The SMILES string of the molecule is Cc1[nH]c2c(N)nc(Cl)nc2c1Cl. The third-order valence-electron chi connectivity index (χ3n) is 1.76. The second-order valence-electron chi connectivity index (χ2n) is 2.67. The molecule has 0 radical (unpaired) electrons. The van der Waals surface area contributed by atoms with Gasteiger partial charge in [0.05, 0.1) is 5.02 Å². The van der Waals surface area contributed by atoms with Gasteiger partial charge in [0.25, 0.3) is 0 Å². The minimum Gasteiger partial charge on any atom is -0.382 e. The van der Waals surface area contributed by atoms with Crippen molar-refractivity contribution in [2.24, 2.45) is 0 Å². The van der Waals surface area contributed by atoms with Gasteiger partial charge >= 0.3 is 0 Å². The van der Waals surface area contributed by atoms with Gasteiger partial charge in [-0.2, -0.15) is 4.98 Å². The van der Waals surface area contributed by atoms with E-state index in [0.717, 1.165) is 5.69 Å². The molecule has 0 spiro atoms. The van der Waals surface area contributed by atoms with Gasteiger partial charge in [-0.25, -0.2) is 4.98 Å². The number of nitrogen functional groups attached to an aromatic ring is 1. The molecule has 0 aromatic carbocycles. The largest absolute Gasteiger partial charge is 0.382 e. The van der Waals surface area contributed by atoms with E-state index in [9.17, 15) is 0 Å². The van der Waals surface area contributed by atoms with Gasteiger partial charge in [0, 0.05) is 5.69 Å². The molecule has 2 aromatic heterocycles. The maximum absolute atomic E-state index is 5.95. The van der Waals surface area contributed by atoms with E-state index in [0.29, 0.717) is 21.9 Å². The summed E-state index contributed by atoms with van der Waals surface area (Å²) in [6.07, 6.45) is 0. The van der Waals surface area contributed by atoms with Gasteiger partial charge in [-0.3, -0.25) is 0 Å². The predicted molar refractivity (Wildman–Crippen MR) is 53.1 cm³/mol. The van der Waals surface area contributed by atoms with Crippen LogP contribution in [0, 0.1) is 6.92 Å². The zero-order valence-corrected chi connectivity index (χ0v) is 8.24. The summed E-state index contributed by atoms with van der Waals surface area (Å²) in [5.74, 6) is 0.310. The lowest BCUT2D eigenvalue weighted by Gasteiger charge is -1.94. The van der Waals surface area contributed by atoms with E-state index in [2.05, 4.69) is 15.0 Å². The number of halogens is 2. The lowest BCUT2D eigenvalue weighted by Crippen LogP contribution is -1.93.